The summed E-state index contributed by atoms with van der Waals surface area (Å²) in [5.41, 5.74) is -0.806. The van der Waals surface area contributed by atoms with Gasteiger partial charge >= 0.3 is 12.0 Å². The van der Waals surface area contributed by atoms with E-state index in [-0.39, 0.29) is 12.6 Å². The van der Waals surface area contributed by atoms with E-state index >= 15 is 0 Å². The van der Waals surface area contributed by atoms with E-state index in [2.05, 4.69) is 29.2 Å². The van der Waals surface area contributed by atoms with Gasteiger partial charge in [-0.2, -0.15) is 0 Å². The van der Waals surface area contributed by atoms with Crippen LogP contribution in [0.5, 0.6) is 0 Å². The van der Waals surface area contributed by atoms with Crippen molar-refractivity contribution in [3.8, 4) is 0 Å². The number of hydrogen-bond donors (Lipinski definition) is 2. The highest BCUT2D eigenvalue weighted by Gasteiger charge is 2.42. The molecule has 2 atom stereocenters. The van der Waals surface area contributed by atoms with Crippen molar-refractivity contribution in [1.29, 1.82) is 0 Å². The highest BCUT2D eigenvalue weighted by Crippen LogP contribution is 2.29. The van der Waals surface area contributed by atoms with Crippen LogP contribution in [0, 0.1) is 5.41 Å². The molecule has 2 heterocycles. The number of likely N-dealkylation sites (tertiary alicyclic amines) is 1. The molecule has 0 saturated carbocycles. The first-order valence-electron chi connectivity index (χ1n) is 7.47. The average Bonchev–Trinajstić information content (AvgIpc) is 2.84. The first kappa shape index (κ1) is 16.0. The lowest BCUT2D eigenvalue weighted by Crippen LogP contribution is -2.55. The molecule has 120 valence electrons. The molecule has 2 amide bonds. The molecule has 0 aromatic heterocycles. The summed E-state index contributed by atoms with van der Waals surface area (Å²) in [6.45, 7) is 6.07. The van der Waals surface area contributed by atoms with Crippen LogP contribution in [0.2, 0.25) is 0 Å². The van der Waals surface area contributed by atoms with Crippen LogP contribution >= 0.6 is 0 Å². The first-order valence-corrected chi connectivity index (χ1v) is 7.47. The Morgan fingerprint density at radius 2 is 2.00 bits per heavy atom. The average molecular weight is 298 g/mol. The molecule has 0 radical (unpaired) electrons. The molecule has 0 aromatic carbocycles. The molecule has 7 nitrogen and oxygen atoms in total. The summed E-state index contributed by atoms with van der Waals surface area (Å²) in [5.74, 6) is -0.827. The van der Waals surface area contributed by atoms with Crippen molar-refractivity contribution >= 4 is 12.0 Å². The summed E-state index contributed by atoms with van der Waals surface area (Å²) >= 11 is 0. The predicted octanol–water partition coefficient (Wildman–Crippen LogP) is -0.262. The SMILES string of the molecule is CN1CCN(C)C(CNC(=O)N2CCC(C)(C(=O)O)C2)C1. The number of rotatable bonds is 3. The van der Waals surface area contributed by atoms with Gasteiger partial charge in [-0.05, 0) is 27.4 Å². The van der Waals surface area contributed by atoms with E-state index in [9.17, 15) is 14.7 Å². The maximum atomic E-state index is 12.2. The third kappa shape index (κ3) is 3.65. The summed E-state index contributed by atoms with van der Waals surface area (Å²) < 4.78 is 0. The lowest BCUT2D eigenvalue weighted by molar-refractivity contribution is -0.146. The standard InChI is InChI=1S/C14H26N4O3/c1-14(12(19)20)4-5-18(10-14)13(21)15-8-11-9-16(2)6-7-17(11)3/h11H,4-10H2,1-3H3,(H,15,21)(H,19,20). The van der Waals surface area contributed by atoms with Crippen LogP contribution in [-0.2, 0) is 4.79 Å². The minimum Gasteiger partial charge on any atom is -0.481 e. The quantitative estimate of drug-likeness (QED) is 0.751. The van der Waals surface area contributed by atoms with Crippen molar-refractivity contribution in [2.75, 3.05) is 53.4 Å². The van der Waals surface area contributed by atoms with E-state index in [0.717, 1.165) is 19.6 Å². The van der Waals surface area contributed by atoms with Gasteiger partial charge in [-0.1, -0.05) is 0 Å². The second-order valence-corrected chi connectivity index (χ2v) is 6.62. The Labute approximate surface area is 125 Å². The number of likely N-dealkylation sites (N-methyl/N-ethyl adjacent to an activating group) is 2. The molecule has 21 heavy (non-hydrogen) atoms. The maximum absolute atomic E-state index is 12.2. The number of carboxylic acids is 1. The summed E-state index contributed by atoms with van der Waals surface area (Å²) in [6, 6.07) is 0.155. The van der Waals surface area contributed by atoms with Crippen molar-refractivity contribution in [1.82, 2.24) is 20.0 Å². The normalized spacial score (nSPS) is 31.4. The van der Waals surface area contributed by atoms with E-state index in [1.54, 1.807) is 11.8 Å². The zero-order chi connectivity index (χ0) is 15.6. The molecule has 2 unspecified atom stereocenters. The molecular formula is C14H26N4O3. The Balaban J connectivity index is 1.81. The van der Waals surface area contributed by atoms with Crippen LogP contribution in [-0.4, -0.2) is 91.2 Å². The minimum atomic E-state index is -0.827. The van der Waals surface area contributed by atoms with Gasteiger partial charge < -0.3 is 20.2 Å². The number of urea groups is 1. The first-order chi connectivity index (χ1) is 9.82. The van der Waals surface area contributed by atoms with Crippen molar-refractivity contribution in [3.63, 3.8) is 0 Å². The van der Waals surface area contributed by atoms with E-state index < -0.39 is 11.4 Å². The number of amides is 2. The molecule has 0 spiro atoms. The van der Waals surface area contributed by atoms with Gasteiger partial charge in [-0.3, -0.25) is 9.69 Å². The number of carboxylic acid groups (broad SMARTS) is 1. The summed E-state index contributed by atoms with van der Waals surface area (Å²) in [6.07, 6.45) is 0.516. The van der Waals surface area contributed by atoms with Crippen molar-refractivity contribution in [2.24, 2.45) is 5.41 Å². The number of carbonyl (C=O) groups is 2. The van der Waals surface area contributed by atoms with E-state index in [1.807, 2.05) is 0 Å². The summed E-state index contributed by atoms with van der Waals surface area (Å²) in [4.78, 5) is 29.5. The minimum absolute atomic E-state index is 0.151. The zero-order valence-corrected chi connectivity index (χ0v) is 13.1. The molecular weight excluding hydrogens is 272 g/mol. The molecule has 0 aliphatic carbocycles. The third-order valence-electron chi connectivity index (χ3n) is 4.75. The fourth-order valence-electron chi connectivity index (χ4n) is 2.95. The van der Waals surface area contributed by atoms with E-state index in [4.69, 9.17) is 0 Å². The highest BCUT2D eigenvalue weighted by molar-refractivity contribution is 5.79. The topological polar surface area (TPSA) is 76.1 Å². The van der Waals surface area contributed by atoms with Gasteiger partial charge in [0, 0.05) is 45.3 Å². The van der Waals surface area contributed by atoms with Gasteiger partial charge in [-0.15, -0.1) is 0 Å². The molecule has 2 fully saturated rings. The monoisotopic (exact) mass is 298 g/mol. The van der Waals surface area contributed by atoms with Crippen LogP contribution in [0.4, 0.5) is 4.79 Å². The lowest BCUT2D eigenvalue weighted by atomic mass is 9.90. The Hall–Kier alpha value is -1.34. The summed E-state index contributed by atoms with van der Waals surface area (Å²) in [7, 11) is 4.15. The Morgan fingerprint density at radius 1 is 1.29 bits per heavy atom. The third-order valence-corrected chi connectivity index (χ3v) is 4.75. The van der Waals surface area contributed by atoms with Gasteiger partial charge in [-0.25, -0.2) is 4.79 Å². The van der Waals surface area contributed by atoms with Crippen molar-refractivity contribution in [3.05, 3.63) is 0 Å². The molecule has 2 N–H and O–H groups in total. The second-order valence-electron chi connectivity index (χ2n) is 6.62. The van der Waals surface area contributed by atoms with E-state index in [1.165, 1.54) is 0 Å². The van der Waals surface area contributed by atoms with Crippen LogP contribution < -0.4 is 5.32 Å². The number of hydrogen-bond acceptors (Lipinski definition) is 4. The molecule has 7 heteroatoms. The predicted molar refractivity (Wildman–Crippen MR) is 79.2 cm³/mol. The van der Waals surface area contributed by atoms with Gasteiger partial charge in [0.2, 0.25) is 0 Å². The molecule has 2 saturated heterocycles. The van der Waals surface area contributed by atoms with Crippen LogP contribution in [0.15, 0.2) is 0 Å². The number of nitrogens with zero attached hydrogens (tertiary/aromatic N) is 3. The zero-order valence-electron chi connectivity index (χ0n) is 13.1. The van der Waals surface area contributed by atoms with Crippen LogP contribution in [0.1, 0.15) is 13.3 Å². The Kier molecular flexibility index (Phi) is 4.73. The number of carbonyl (C=O) groups excluding carboxylic acids is 1. The van der Waals surface area contributed by atoms with Crippen molar-refractivity contribution in [2.45, 2.75) is 19.4 Å². The smallest absolute Gasteiger partial charge is 0.317 e. The van der Waals surface area contributed by atoms with Gasteiger partial charge in [0.15, 0.2) is 0 Å². The van der Waals surface area contributed by atoms with Crippen LogP contribution in [0.3, 0.4) is 0 Å². The fourth-order valence-corrected chi connectivity index (χ4v) is 2.95. The lowest BCUT2D eigenvalue weighted by Gasteiger charge is -2.38. The molecule has 2 rings (SSSR count). The molecule has 2 aliphatic rings. The summed E-state index contributed by atoms with van der Waals surface area (Å²) in [5, 5.41) is 12.1. The molecule has 2 aliphatic heterocycles. The number of piperazine rings is 1. The Morgan fingerprint density at radius 3 is 2.62 bits per heavy atom. The fraction of sp³-hybridized carbons (Fsp3) is 0.857. The number of aliphatic carboxylic acids is 1. The van der Waals surface area contributed by atoms with E-state index in [0.29, 0.717) is 25.6 Å². The van der Waals surface area contributed by atoms with Gasteiger partial charge in [0.05, 0.1) is 5.41 Å². The highest BCUT2D eigenvalue weighted by atomic mass is 16.4. The van der Waals surface area contributed by atoms with Crippen LogP contribution in [0.25, 0.3) is 0 Å². The number of nitrogens with one attached hydrogen (secondary N) is 1. The molecule has 0 aromatic rings. The molecule has 0 bridgehead atoms. The largest absolute Gasteiger partial charge is 0.481 e. The second kappa shape index (κ2) is 6.19. The van der Waals surface area contributed by atoms with Crippen molar-refractivity contribution < 1.29 is 14.7 Å². The van der Waals surface area contributed by atoms with Gasteiger partial charge in [0.25, 0.3) is 0 Å². The Bertz CT molecular complexity index is 417. The van der Waals surface area contributed by atoms with Gasteiger partial charge in [0.1, 0.15) is 0 Å². The maximum Gasteiger partial charge on any atom is 0.317 e.